The molecule has 0 heterocycles. The van der Waals surface area contributed by atoms with E-state index in [9.17, 15) is 4.79 Å². The van der Waals surface area contributed by atoms with Gasteiger partial charge < -0.3 is 10.6 Å². The largest absolute Gasteiger partial charge is 0.352 e. The molecule has 1 aliphatic carbocycles. The molecule has 1 rings (SSSR count). The van der Waals surface area contributed by atoms with Crippen LogP contribution < -0.4 is 10.6 Å². The Balaban J connectivity index is 2.36. The van der Waals surface area contributed by atoms with Gasteiger partial charge in [0.15, 0.2) is 0 Å². The van der Waals surface area contributed by atoms with E-state index in [1.165, 1.54) is 12.8 Å². The zero-order valence-electron chi connectivity index (χ0n) is 9.47. The summed E-state index contributed by atoms with van der Waals surface area (Å²) in [5.41, 5.74) is 0. The highest BCUT2D eigenvalue weighted by molar-refractivity contribution is 5.78. The first-order valence-corrected chi connectivity index (χ1v) is 5.63. The molecule has 2 N–H and O–H groups in total. The lowest BCUT2D eigenvalue weighted by Gasteiger charge is -2.20. The number of likely N-dealkylation sites (N-methyl/N-ethyl adjacent to an activating group) is 1. The van der Waals surface area contributed by atoms with E-state index in [4.69, 9.17) is 0 Å². The molecule has 0 radical (unpaired) electrons. The summed E-state index contributed by atoms with van der Waals surface area (Å²) in [6.45, 7) is 4.92. The van der Waals surface area contributed by atoms with E-state index in [1.54, 1.807) is 7.05 Å². The predicted molar refractivity (Wildman–Crippen MR) is 58.0 cm³/mol. The van der Waals surface area contributed by atoms with Crippen LogP contribution in [0.1, 0.15) is 33.1 Å². The molecule has 1 saturated carbocycles. The standard InChI is InChI=1S/C11H22N2O/c1-4-9-5-6-10(8(9)2)13-11(14)7-12-3/h8-10,12H,4-7H2,1-3H3,(H,13,14). The summed E-state index contributed by atoms with van der Waals surface area (Å²) >= 11 is 0. The lowest BCUT2D eigenvalue weighted by molar-refractivity contribution is -0.121. The van der Waals surface area contributed by atoms with Gasteiger partial charge in [-0.2, -0.15) is 0 Å². The fourth-order valence-corrected chi connectivity index (χ4v) is 2.45. The fourth-order valence-electron chi connectivity index (χ4n) is 2.45. The Hall–Kier alpha value is -0.570. The summed E-state index contributed by atoms with van der Waals surface area (Å²) < 4.78 is 0. The first-order valence-electron chi connectivity index (χ1n) is 5.63. The quantitative estimate of drug-likeness (QED) is 0.711. The van der Waals surface area contributed by atoms with E-state index in [-0.39, 0.29) is 5.91 Å². The first kappa shape index (κ1) is 11.5. The van der Waals surface area contributed by atoms with Gasteiger partial charge in [-0.1, -0.05) is 20.3 Å². The second-order valence-electron chi connectivity index (χ2n) is 4.31. The predicted octanol–water partition coefficient (Wildman–Crippen LogP) is 1.15. The van der Waals surface area contributed by atoms with E-state index in [2.05, 4.69) is 24.5 Å². The van der Waals surface area contributed by atoms with Gasteiger partial charge in [-0.3, -0.25) is 4.79 Å². The van der Waals surface area contributed by atoms with Crippen LogP contribution in [0.2, 0.25) is 0 Å². The van der Waals surface area contributed by atoms with Crippen molar-refractivity contribution in [2.45, 2.75) is 39.2 Å². The minimum atomic E-state index is 0.126. The first-order chi connectivity index (χ1) is 6.69. The molecule has 0 aromatic rings. The zero-order valence-corrected chi connectivity index (χ0v) is 9.47. The Morgan fingerprint density at radius 2 is 2.14 bits per heavy atom. The topological polar surface area (TPSA) is 41.1 Å². The average molecular weight is 198 g/mol. The maximum Gasteiger partial charge on any atom is 0.234 e. The van der Waals surface area contributed by atoms with E-state index in [1.807, 2.05) is 0 Å². The van der Waals surface area contributed by atoms with Gasteiger partial charge in [-0.05, 0) is 31.7 Å². The maximum absolute atomic E-state index is 11.4. The minimum Gasteiger partial charge on any atom is -0.352 e. The van der Waals surface area contributed by atoms with Crippen LogP contribution in [-0.4, -0.2) is 25.5 Å². The molecule has 3 atom stereocenters. The van der Waals surface area contributed by atoms with Crippen molar-refractivity contribution in [3.05, 3.63) is 0 Å². The Morgan fingerprint density at radius 3 is 2.64 bits per heavy atom. The van der Waals surface area contributed by atoms with Crippen molar-refractivity contribution >= 4 is 5.91 Å². The number of hydrogen-bond acceptors (Lipinski definition) is 2. The van der Waals surface area contributed by atoms with E-state index in [0.29, 0.717) is 18.5 Å². The van der Waals surface area contributed by atoms with Gasteiger partial charge in [0, 0.05) is 6.04 Å². The number of hydrogen-bond donors (Lipinski definition) is 2. The lowest BCUT2D eigenvalue weighted by atomic mass is 9.93. The van der Waals surface area contributed by atoms with Gasteiger partial charge >= 0.3 is 0 Å². The Bertz CT molecular complexity index is 194. The van der Waals surface area contributed by atoms with Crippen molar-refractivity contribution < 1.29 is 4.79 Å². The van der Waals surface area contributed by atoms with Crippen molar-refractivity contribution in [3.8, 4) is 0 Å². The molecule has 0 bridgehead atoms. The smallest absolute Gasteiger partial charge is 0.234 e. The van der Waals surface area contributed by atoms with Crippen LogP contribution in [0, 0.1) is 11.8 Å². The second-order valence-corrected chi connectivity index (χ2v) is 4.31. The van der Waals surface area contributed by atoms with Gasteiger partial charge in [-0.25, -0.2) is 0 Å². The summed E-state index contributed by atoms with van der Waals surface area (Å²) in [6.07, 6.45) is 3.65. The van der Waals surface area contributed by atoms with Crippen LogP contribution in [0.15, 0.2) is 0 Å². The third-order valence-corrected chi connectivity index (χ3v) is 3.43. The number of carbonyl (C=O) groups excluding carboxylic acids is 1. The molecule has 3 nitrogen and oxygen atoms in total. The third kappa shape index (κ3) is 2.71. The van der Waals surface area contributed by atoms with Gasteiger partial charge in [0.1, 0.15) is 0 Å². The SMILES string of the molecule is CCC1CCC(NC(=O)CNC)C1C. The van der Waals surface area contributed by atoms with Crippen LogP contribution in [0.25, 0.3) is 0 Å². The molecule has 82 valence electrons. The highest BCUT2D eigenvalue weighted by atomic mass is 16.1. The van der Waals surface area contributed by atoms with E-state index in [0.717, 1.165) is 12.3 Å². The molecule has 14 heavy (non-hydrogen) atoms. The van der Waals surface area contributed by atoms with Crippen molar-refractivity contribution in [2.24, 2.45) is 11.8 Å². The van der Waals surface area contributed by atoms with Crippen LogP contribution >= 0.6 is 0 Å². The molecule has 0 aromatic heterocycles. The summed E-state index contributed by atoms with van der Waals surface area (Å²) in [4.78, 5) is 11.4. The Kier molecular flexibility index (Phi) is 4.39. The summed E-state index contributed by atoms with van der Waals surface area (Å²) in [6, 6.07) is 0.404. The van der Waals surface area contributed by atoms with Crippen LogP contribution in [-0.2, 0) is 4.79 Å². The molecule has 1 aliphatic rings. The normalized spacial score (nSPS) is 31.8. The van der Waals surface area contributed by atoms with Crippen LogP contribution in [0.4, 0.5) is 0 Å². The number of carbonyl (C=O) groups is 1. The third-order valence-electron chi connectivity index (χ3n) is 3.43. The van der Waals surface area contributed by atoms with Gasteiger partial charge in [0.25, 0.3) is 0 Å². The van der Waals surface area contributed by atoms with Gasteiger partial charge in [0.2, 0.25) is 5.91 Å². The Labute approximate surface area is 86.6 Å². The minimum absolute atomic E-state index is 0.126. The van der Waals surface area contributed by atoms with Crippen molar-refractivity contribution in [2.75, 3.05) is 13.6 Å². The fraction of sp³-hybridized carbons (Fsp3) is 0.909. The zero-order chi connectivity index (χ0) is 10.6. The Morgan fingerprint density at radius 1 is 1.43 bits per heavy atom. The highest BCUT2D eigenvalue weighted by Crippen LogP contribution is 2.33. The average Bonchev–Trinajstić information content (AvgIpc) is 2.48. The molecule has 0 aliphatic heterocycles. The van der Waals surface area contributed by atoms with Gasteiger partial charge in [0.05, 0.1) is 6.54 Å². The van der Waals surface area contributed by atoms with E-state index < -0.39 is 0 Å². The number of amides is 1. The van der Waals surface area contributed by atoms with Crippen LogP contribution in [0.5, 0.6) is 0 Å². The molecular formula is C11H22N2O. The molecule has 1 amide bonds. The maximum atomic E-state index is 11.4. The van der Waals surface area contributed by atoms with Crippen molar-refractivity contribution in [1.29, 1.82) is 0 Å². The van der Waals surface area contributed by atoms with Crippen molar-refractivity contribution in [1.82, 2.24) is 10.6 Å². The summed E-state index contributed by atoms with van der Waals surface area (Å²) in [7, 11) is 1.80. The van der Waals surface area contributed by atoms with Crippen LogP contribution in [0.3, 0.4) is 0 Å². The molecule has 0 spiro atoms. The number of nitrogens with one attached hydrogen (secondary N) is 2. The molecule has 0 aromatic carbocycles. The van der Waals surface area contributed by atoms with E-state index >= 15 is 0 Å². The summed E-state index contributed by atoms with van der Waals surface area (Å²) in [5.74, 6) is 1.57. The molecule has 1 fully saturated rings. The number of rotatable bonds is 4. The second kappa shape index (κ2) is 5.35. The monoisotopic (exact) mass is 198 g/mol. The molecular weight excluding hydrogens is 176 g/mol. The molecule has 3 heteroatoms. The molecule has 3 unspecified atom stereocenters. The summed E-state index contributed by atoms with van der Waals surface area (Å²) in [5, 5.41) is 5.96. The molecule has 0 saturated heterocycles. The lowest BCUT2D eigenvalue weighted by Crippen LogP contribution is -2.41. The highest BCUT2D eigenvalue weighted by Gasteiger charge is 2.32. The van der Waals surface area contributed by atoms with Gasteiger partial charge in [-0.15, -0.1) is 0 Å². The van der Waals surface area contributed by atoms with Crippen molar-refractivity contribution in [3.63, 3.8) is 0 Å².